The molecule has 18 heavy (non-hydrogen) atoms. The third kappa shape index (κ3) is 2.16. The summed E-state index contributed by atoms with van der Waals surface area (Å²) in [7, 11) is 0. The van der Waals surface area contributed by atoms with E-state index >= 15 is 0 Å². The van der Waals surface area contributed by atoms with Crippen LogP contribution < -0.4 is 0 Å². The van der Waals surface area contributed by atoms with E-state index in [0.29, 0.717) is 5.69 Å². The van der Waals surface area contributed by atoms with Gasteiger partial charge in [0.2, 0.25) is 0 Å². The fourth-order valence-corrected chi connectivity index (χ4v) is 2.21. The van der Waals surface area contributed by atoms with Crippen LogP contribution >= 0.6 is 0 Å². The minimum Gasteiger partial charge on any atom is -0.477 e. The van der Waals surface area contributed by atoms with Gasteiger partial charge >= 0.3 is 5.97 Å². The molecule has 1 heterocycles. The lowest BCUT2D eigenvalue weighted by molar-refractivity contribution is 0.0685. The van der Waals surface area contributed by atoms with E-state index in [-0.39, 0.29) is 0 Å². The van der Waals surface area contributed by atoms with Crippen molar-refractivity contribution >= 4 is 5.97 Å². The molecule has 0 fully saturated rings. The van der Waals surface area contributed by atoms with E-state index in [1.54, 1.807) is 6.07 Å². The molecule has 0 atom stereocenters. The summed E-state index contributed by atoms with van der Waals surface area (Å²) in [6.45, 7) is 4.81. The van der Waals surface area contributed by atoms with Crippen LogP contribution in [-0.4, -0.2) is 15.6 Å². The molecule has 0 saturated heterocycles. The predicted molar refractivity (Wildman–Crippen MR) is 71.9 cm³/mol. The largest absolute Gasteiger partial charge is 0.477 e. The van der Waals surface area contributed by atoms with Gasteiger partial charge in [-0.25, -0.2) is 4.79 Å². The monoisotopic (exact) mass is 243 g/mol. The molecule has 1 aromatic carbocycles. The Bertz CT molecular complexity index is 570. The molecular weight excluding hydrogens is 226 g/mol. The Labute approximate surface area is 107 Å². The van der Waals surface area contributed by atoms with Crippen molar-refractivity contribution in [1.82, 2.24) is 4.57 Å². The van der Waals surface area contributed by atoms with Gasteiger partial charge in [-0.05, 0) is 31.0 Å². The molecule has 0 spiro atoms. The zero-order valence-electron chi connectivity index (χ0n) is 10.7. The summed E-state index contributed by atoms with van der Waals surface area (Å²) in [5.74, 6) is -0.872. The zero-order valence-corrected chi connectivity index (χ0v) is 10.7. The lowest BCUT2D eigenvalue weighted by atomic mass is 10.1. The van der Waals surface area contributed by atoms with Crippen LogP contribution in [0, 0.1) is 6.92 Å². The topological polar surface area (TPSA) is 42.2 Å². The predicted octanol–water partition coefficient (Wildman–Crippen LogP) is 3.57. The maximum atomic E-state index is 11.2. The standard InChI is InChI=1S/C15H17NO2/c1-3-10-16-13(8-9-14(16)15(17)18)12-7-5-4-6-11(12)2/h4-9H,3,10H2,1-2H3,(H,17,18). The molecule has 0 amide bonds. The van der Waals surface area contributed by atoms with E-state index in [2.05, 4.69) is 0 Å². The highest BCUT2D eigenvalue weighted by Gasteiger charge is 2.15. The Balaban J connectivity index is 2.58. The van der Waals surface area contributed by atoms with Gasteiger partial charge in [-0.2, -0.15) is 0 Å². The van der Waals surface area contributed by atoms with Crippen molar-refractivity contribution in [1.29, 1.82) is 0 Å². The number of aryl methyl sites for hydroxylation is 1. The number of rotatable bonds is 4. The fraction of sp³-hybridized carbons (Fsp3) is 0.267. The van der Waals surface area contributed by atoms with Crippen LogP contribution in [0.2, 0.25) is 0 Å². The van der Waals surface area contributed by atoms with Crippen LogP contribution in [-0.2, 0) is 6.54 Å². The molecule has 0 bridgehead atoms. The first-order valence-electron chi connectivity index (χ1n) is 6.14. The van der Waals surface area contributed by atoms with E-state index in [9.17, 15) is 9.90 Å². The van der Waals surface area contributed by atoms with Gasteiger partial charge in [0.05, 0.1) is 0 Å². The van der Waals surface area contributed by atoms with Crippen molar-refractivity contribution in [3.8, 4) is 11.3 Å². The van der Waals surface area contributed by atoms with Gasteiger partial charge in [-0.1, -0.05) is 31.2 Å². The van der Waals surface area contributed by atoms with E-state index in [4.69, 9.17) is 0 Å². The number of carbonyl (C=O) groups is 1. The number of hydrogen-bond donors (Lipinski definition) is 1. The van der Waals surface area contributed by atoms with Gasteiger partial charge in [0, 0.05) is 17.8 Å². The van der Waals surface area contributed by atoms with Crippen LogP contribution in [0.15, 0.2) is 36.4 Å². The van der Waals surface area contributed by atoms with Crippen molar-refractivity contribution in [2.45, 2.75) is 26.8 Å². The molecule has 1 aromatic heterocycles. The molecule has 2 aromatic rings. The lowest BCUT2D eigenvalue weighted by Crippen LogP contribution is -2.09. The van der Waals surface area contributed by atoms with E-state index in [1.807, 2.05) is 48.7 Å². The van der Waals surface area contributed by atoms with Crippen LogP contribution in [0.1, 0.15) is 29.4 Å². The number of nitrogens with zero attached hydrogens (tertiary/aromatic N) is 1. The summed E-state index contributed by atoms with van der Waals surface area (Å²) in [4.78, 5) is 11.2. The normalized spacial score (nSPS) is 10.6. The van der Waals surface area contributed by atoms with Crippen molar-refractivity contribution < 1.29 is 9.90 Å². The van der Waals surface area contributed by atoms with Gasteiger partial charge in [0.1, 0.15) is 5.69 Å². The van der Waals surface area contributed by atoms with Crippen molar-refractivity contribution in [3.05, 3.63) is 47.7 Å². The molecule has 3 nitrogen and oxygen atoms in total. The molecule has 94 valence electrons. The molecule has 3 heteroatoms. The van der Waals surface area contributed by atoms with Crippen LogP contribution in [0.3, 0.4) is 0 Å². The molecular formula is C15H17NO2. The first-order chi connectivity index (χ1) is 8.65. The smallest absolute Gasteiger partial charge is 0.352 e. The summed E-state index contributed by atoms with van der Waals surface area (Å²) in [5, 5.41) is 9.20. The Kier molecular flexibility index (Phi) is 3.51. The van der Waals surface area contributed by atoms with E-state index in [0.717, 1.165) is 29.8 Å². The number of carboxylic acids is 1. The van der Waals surface area contributed by atoms with Crippen LogP contribution in [0.25, 0.3) is 11.3 Å². The number of carboxylic acid groups (broad SMARTS) is 1. The molecule has 0 saturated carbocycles. The lowest BCUT2D eigenvalue weighted by Gasteiger charge is -2.12. The Morgan fingerprint density at radius 2 is 1.94 bits per heavy atom. The first-order valence-corrected chi connectivity index (χ1v) is 6.14. The van der Waals surface area contributed by atoms with Crippen molar-refractivity contribution in [2.24, 2.45) is 0 Å². The van der Waals surface area contributed by atoms with E-state index < -0.39 is 5.97 Å². The summed E-state index contributed by atoms with van der Waals surface area (Å²) < 4.78 is 1.88. The quantitative estimate of drug-likeness (QED) is 0.892. The second-order valence-electron chi connectivity index (χ2n) is 4.38. The maximum Gasteiger partial charge on any atom is 0.352 e. The molecule has 1 N–H and O–H groups in total. The van der Waals surface area contributed by atoms with Gasteiger partial charge in [-0.3, -0.25) is 0 Å². The van der Waals surface area contributed by atoms with Crippen LogP contribution in [0.4, 0.5) is 0 Å². The Morgan fingerprint density at radius 1 is 1.22 bits per heavy atom. The fourth-order valence-electron chi connectivity index (χ4n) is 2.21. The summed E-state index contributed by atoms with van der Waals surface area (Å²) >= 11 is 0. The first kappa shape index (κ1) is 12.4. The average Bonchev–Trinajstić information content (AvgIpc) is 2.74. The van der Waals surface area contributed by atoms with Gasteiger partial charge in [0.15, 0.2) is 0 Å². The average molecular weight is 243 g/mol. The molecule has 0 aliphatic carbocycles. The SMILES string of the molecule is CCCn1c(C(=O)O)ccc1-c1ccccc1C. The summed E-state index contributed by atoms with van der Waals surface area (Å²) in [6, 6.07) is 11.6. The second kappa shape index (κ2) is 5.08. The molecule has 0 unspecified atom stereocenters. The Morgan fingerprint density at radius 3 is 2.56 bits per heavy atom. The molecule has 2 rings (SSSR count). The van der Waals surface area contributed by atoms with Crippen molar-refractivity contribution in [3.63, 3.8) is 0 Å². The number of benzene rings is 1. The minimum atomic E-state index is -0.872. The third-order valence-corrected chi connectivity index (χ3v) is 3.07. The molecule has 0 aliphatic rings. The highest BCUT2D eigenvalue weighted by Crippen LogP contribution is 2.26. The molecule has 0 radical (unpaired) electrons. The number of hydrogen-bond acceptors (Lipinski definition) is 1. The highest BCUT2D eigenvalue weighted by atomic mass is 16.4. The maximum absolute atomic E-state index is 11.2. The zero-order chi connectivity index (χ0) is 13.1. The van der Waals surface area contributed by atoms with E-state index in [1.165, 1.54) is 0 Å². The Hall–Kier alpha value is -2.03. The van der Waals surface area contributed by atoms with Gasteiger partial charge in [-0.15, -0.1) is 0 Å². The third-order valence-electron chi connectivity index (χ3n) is 3.07. The minimum absolute atomic E-state index is 0.357. The van der Waals surface area contributed by atoms with Crippen molar-refractivity contribution in [2.75, 3.05) is 0 Å². The number of aromatic carboxylic acids is 1. The summed E-state index contributed by atoms with van der Waals surface area (Å²) in [6.07, 6.45) is 0.911. The van der Waals surface area contributed by atoms with Gasteiger partial charge < -0.3 is 9.67 Å². The summed E-state index contributed by atoms with van der Waals surface area (Å²) in [5.41, 5.74) is 3.59. The second-order valence-corrected chi connectivity index (χ2v) is 4.38. The molecule has 0 aliphatic heterocycles. The van der Waals surface area contributed by atoms with Gasteiger partial charge in [0.25, 0.3) is 0 Å². The highest BCUT2D eigenvalue weighted by molar-refractivity contribution is 5.87. The van der Waals surface area contributed by atoms with Crippen LogP contribution in [0.5, 0.6) is 0 Å². The number of aromatic nitrogens is 1.